The minimum Gasteiger partial charge on any atom is -0.384 e. The van der Waals surface area contributed by atoms with Crippen LogP contribution in [0.3, 0.4) is 0 Å². The summed E-state index contributed by atoms with van der Waals surface area (Å²) in [5.41, 5.74) is -0.658. The van der Waals surface area contributed by atoms with Gasteiger partial charge in [0.15, 0.2) is 0 Å². The molecular weight excluding hydrogens is 268 g/mol. The summed E-state index contributed by atoms with van der Waals surface area (Å²) < 4.78 is 2.27. The zero-order valence-electron chi connectivity index (χ0n) is 12.1. The second-order valence-corrected chi connectivity index (χ2v) is 7.17. The monoisotopic (exact) mass is 290 g/mol. The van der Waals surface area contributed by atoms with Gasteiger partial charge in [-0.25, -0.2) is 4.98 Å². The molecule has 0 atom stereocenters. The lowest BCUT2D eigenvalue weighted by molar-refractivity contribution is -0.00917. The topological polar surface area (TPSA) is 38.1 Å². The maximum Gasteiger partial charge on any atom is 0.101 e. The van der Waals surface area contributed by atoms with Crippen LogP contribution in [0.4, 0.5) is 0 Å². The maximum atomic E-state index is 10.9. The van der Waals surface area contributed by atoms with Crippen molar-refractivity contribution in [2.45, 2.75) is 57.1 Å². The predicted octanol–water partition coefficient (Wildman–Crippen LogP) is 4.07. The first-order chi connectivity index (χ1) is 9.58. The molecule has 1 N–H and O–H groups in total. The molecular formula is C16H22N2OS. The van der Waals surface area contributed by atoms with Crippen LogP contribution in [0.25, 0.3) is 0 Å². The Morgan fingerprint density at radius 1 is 1.30 bits per heavy atom. The highest BCUT2D eigenvalue weighted by Gasteiger charge is 2.36. The first-order valence-corrected chi connectivity index (χ1v) is 8.21. The minimum atomic E-state index is -0.658. The fraction of sp³-hybridized carbons (Fsp3) is 0.562. The zero-order chi connectivity index (χ0) is 14.2. The number of rotatable bonds is 3. The number of aliphatic hydroxyl groups is 1. The van der Waals surface area contributed by atoms with Gasteiger partial charge in [-0.3, -0.25) is 0 Å². The highest BCUT2D eigenvalue weighted by molar-refractivity contribution is 7.11. The zero-order valence-corrected chi connectivity index (χ0v) is 12.9. The molecule has 0 amide bonds. The van der Waals surface area contributed by atoms with Gasteiger partial charge in [-0.2, -0.15) is 0 Å². The minimum absolute atomic E-state index is 0.438. The largest absolute Gasteiger partial charge is 0.384 e. The SMILES string of the molecule is CC(C)c1ncc(C2(O)CCC(n3cccc3)CC2)s1. The van der Waals surface area contributed by atoms with Gasteiger partial charge in [0.05, 0.1) is 9.88 Å². The van der Waals surface area contributed by atoms with Crippen LogP contribution >= 0.6 is 11.3 Å². The fourth-order valence-corrected chi connectivity index (χ4v) is 4.05. The van der Waals surface area contributed by atoms with Crippen LogP contribution in [0.1, 0.15) is 61.4 Å². The molecule has 0 aliphatic heterocycles. The van der Waals surface area contributed by atoms with E-state index >= 15 is 0 Å². The molecule has 2 aromatic rings. The van der Waals surface area contributed by atoms with E-state index in [9.17, 15) is 5.11 Å². The summed E-state index contributed by atoms with van der Waals surface area (Å²) in [6.45, 7) is 4.30. The van der Waals surface area contributed by atoms with Gasteiger partial charge in [0.2, 0.25) is 0 Å². The highest BCUT2D eigenvalue weighted by Crippen LogP contribution is 2.43. The molecule has 0 aromatic carbocycles. The standard InChI is InChI=1S/C16H22N2OS/c1-12(2)15-17-11-14(20-15)16(19)7-5-13(6-8-16)18-9-3-4-10-18/h3-4,9-13,19H,5-8H2,1-2H3. The molecule has 0 bridgehead atoms. The summed E-state index contributed by atoms with van der Waals surface area (Å²) in [7, 11) is 0. The lowest BCUT2D eigenvalue weighted by atomic mass is 9.81. The van der Waals surface area contributed by atoms with Crippen molar-refractivity contribution in [2.75, 3.05) is 0 Å². The van der Waals surface area contributed by atoms with Gasteiger partial charge in [-0.1, -0.05) is 13.8 Å². The maximum absolute atomic E-state index is 10.9. The molecule has 20 heavy (non-hydrogen) atoms. The first kappa shape index (κ1) is 13.8. The van der Waals surface area contributed by atoms with Gasteiger partial charge in [0.1, 0.15) is 5.60 Å². The Morgan fingerprint density at radius 2 is 1.95 bits per heavy atom. The predicted molar refractivity (Wildman–Crippen MR) is 82.0 cm³/mol. The smallest absolute Gasteiger partial charge is 0.101 e. The molecule has 2 heterocycles. The quantitative estimate of drug-likeness (QED) is 0.925. The molecule has 0 spiro atoms. The van der Waals surface area contributed by atoms with Crippen LogP contribution in [0.2, 0.25) is 0 Å². The Bertz CT molecular complexity index is 551. The summed E-state index contributed by atoms with van der Waals surface area (Å²) in [6, 6.07) is 4.67. The Hall–Kier alpha value is -1.13. The third-order valence-electron chi connectivity index (χ3n) is 4.31. The summed E-state index contributed by atoms with van der Waals surface area (Å²) in [5.74, 6) is 0.438. The van der Waals surface area contributed by atoms with Crippen molar-refractivity contribution in [1.82, 2.24) is 9.55 Å². The number of hydrogen-bond acceptors (Lipinski definition) is 3. The van der Waals surface area contributed by atoms with E-state index in [1.165, 1.54) is 0 Å². The Labute approximate surface area is 124 Å². The summed E-state index contributed by atoms with van der Waals surface area (Å²) in [4.78, 5) is 5.51. The average Bonchev–Trinajstić information content (AvgIpc) is 3.11. The van der Waals surface area contributed by atoms with Crippen molar-refractivity contribution in [3.8, 4) is 0 Å². The van der Waals surface area contributed by atoms with Gasteiger partial charge in [0.25, 0.3) is 0 Å². The second kappa shape index (κ2) is 5.34. The van der Waals surface area contributed by atoms with Crippen molar-refractivity contribution in [1.29, 1.82) is 0 Å². The van der Waals surface area contributed by atoms with Crippen molar-refractivity contribution in [3.05, 3.63) is 40.6 Å². The summed E-state index contributed by atoms with van der Waals surface area (Å²) in [5, 5.41) is 12.0. The molecule has 1 aliphatic carbocycles. The first-order valence-electron chi connectivity index (χ1n) is 7.39. The molecule has 4 heteroatoms. The highest BCUT2D eigenvalue weighted by atomic mass is 32.1. The molecule has 0 radical (unpaired) electrons. The molecule has 0 saturated heterocycles. The molecule has 108 valence electrons. The van der Waals surface area contributed by atoms with E-state index in [0.29, 0.717) is 12.0 Å². The number of aromatic nitrogens is 2. The Balaban J connectivity index is 1.71. The molecule has 3 nitrogen and oxygen atoms in total. The van der Waals surface area contributed by atoms with E-state index in [2.05, 4.69) is 47.9 Å². The van der Waals surface area contributed by atoms with Crippen LogP contribution in [-0.4, -0.2) is 14.7 Å². The van der Waals surface area contributed by atoms with Crippen LogP contribution in [0.15, 0.2) is 30.7 Å². The number of hydrogen-bond donors (Lipinski definition) is 1. The van der Waals surface area contributed by atoms with Gasteiger partial charge in [0, 0.05) is 30.6 Å². The van der Waals surface area contributed by atoms with Crippen molar-refractivity contribution >= 4 is 11.3 Å². The number of thiazole rings is 1. The van der Waals surface area contributed by atoms with Crippen LogP contribution in [-0.2, 0) is 5.60 Å². The van der Waals surface area contributed by atoms with E-state index in [1.807, 2.05) is 6.20 Å². The average molecular weight is 290 g/mol. The van der Waals surface area contributed by atoms with Crippen molar-refractivity contribution < 1.29 is 5.11 Å². The third-order valence-corrected chi connectivity index (χ3v) is 5.80. The van der Waals surface area contributed by atoms with Crippen LogP contribution < -0.4 is 0 Å². The lowest BCUT2D eigenvalue weighted by Crippen LogP contribution is -2.31. The molecule has 1 saturated carbocycles. The van der Waals surface area contributed by atoms with Crippen LogP contribution in [0, 0.1) is 0 Å². The second-order valence-electron chi connectivity index (χ2n) is 6.11. The molecule has 1 aliphatic rings. The van der Waals surface area contributed by atoms with E-state index in [0.717, 1.165) is 35.6 Å². The van der Waals surface area contributed by atoms with Gasteiger partial charge < -0.3 is 9.67 Å². The lowest BCUT2D eigenvalue weighted by Gasteiger charge is -2.35. The van der Waals surface area contributed by atoms with E-state index in [-0.39, 0.29) is 0 Å². The van der Waals surface area contributed by atoms with E-state index in [1.54, 1.807) is 11.3 Å². The third kappa shape index (κ3) is 2.54. The van der Waals surface area contributed by atoms with Crippen molar-refractivity contribution in [2.24, 2.45) is 0 Å². The Morgan fingerprint density at radius 3 is 2.50 bits per heavy atom. The molecule has 1 fully saturated rings. The van der Waals surface area contributed by atoms with Gasteiger partial charge >= 0.3 is 0 Å². The molecule has 2 aromatic heterocycles. The molecule has 3 rings (SSSR count). The molecule has 0 unspecified atom stereocenters. The van der Waals surface area contributed by atoms with E-state index < -0.39 is 5.60 Å². The Kier molecular flexibility index (Phi) is 3.69. The van der Waals surface area contributed by atoms with Crippen molar-refractivity contribution in [3.63, 3.8) is 0 Å². The van der Waals surface area contributed by atoms with E-state index in [4.69, 9.17) is 0 Å². The summed E-state index contributed by atoms with van der Waals surface area (Å²) >= 11 is 1.68. The van der Waals surface area contributed by atoms with Crippen LogP contribution in [0.5, 0.6) is 0 Å². The number of nitrogens with zero attached hydrogens (tertiary/aromatic N) is 2. The normalized spacial score (nSPS) is 27.1. The van der Waals surface area contributed by atoms with Gasteiger partial charge in [-0.15, -0.1) is 11.3 Å². The summed E-state index contributed by atoms with van der Waals surface area (Å²) in [6.07, 6.45) is 9.85. The fourth-order valence-electron chi connectivity index (χ4n) is 2.99. The van der Waals surface area contributed by atoms with Gasteiger partial charge in [-0.05, 0) is 37.8 Å².